The zero-order valence-corrected chi connectivity index (χ0v) is 27.5. The number of piperidine rings is 3. The fraction of sp³-hybridized carbons (Fsp3) is 0.474. The second kappa shape index (κ2) is 17.4. The fourth-order valence-corrected chi connectivity index (χ4v) is 4.58. The zero-order valence-electron chi connectivity index (χ0n) is 18.4. The molecule has 0 unspecified atom stereocenters. The fourth-order valence-electron chi connectivity index (χ4n) is 3.74. The van der Waals surface area contributed by atoms with E-state index >= 15 is 0 Å². The molecular formula is C19H22Cl3N2Na3O3S. The molecule has 4 heterocycles. The van der Waals surface area contributed by atoms with Crippen molar-refractivity contribution in [2.24, 2.45) is 5.92 Å². The third kappa shape index (κ3) is 9.49. The largest absolute Gasteiger partial charge is 1.00 e. The van der Waals surface area contributed by atoms with Gasteiger partial charge >= 0.3 is 94.6 Å². The number of halogens is 3. The molecule has 5 nitrogen and oxygen atoms in total. The number of benzene rings is 1. The summed E-state index contributed by atoms with van der Waals surface area (Å²) in [6, 6.07) is 5.25. The van der Waals surface area contributed by atoms with Gasteiger partial charge in [-0.05, 0) is 56.5 Å². The zero-order chi connectivity index (χ0) is 17.4. The number of nitrogens with zero attached hydrogens (tertiary/aromatic N) is 2. The van der Waals surface area contributed by atoms with Gasteiger partial charge in [-0.1, -0.05) is 6.92 Å². The van der Waals surface area contributed by atoms with Gasteiger partial charge in [-0.2, -0.15) is 0 Å². The summed E-state index contributed by atoms with van der Waals surface area (Å²) in [6.45, 7) is 5.34. The van der Waals surface area contributed by atoms with Crippen molar-refractivity contribution in [3.8, 4) is 16.3 Å². The van der Waals surface area contributed by atoms with Crippen LogP contribution in [-0.4, -0.2) is 46.7 Å². The number of ether oxygens (including phenoxy) is 1. The Morgan fingerprint density at radius 3 is 2.29 bits per heavy atom. The van der Waals surface area contributed by atoms with Crippen LogP contribution in [0.1, 0.15) is 35.0 Å². The second-order valence-corrected chi connectivity index (χ2v) is 7.95. The van der Waals surface area contributed by atoms with Gasteiger partial charge in [0.05, 0.1) is 5.56 Å². The van der Waals surface area contributed by atoms with E-state index in [1.807, 2.05) is 12.3 Å². The van der Waals surface area contributed by atoms with Crippen LogP contribution in [-0.2, 0) is 6.42 Å². The van der Waals surface area contributed by atoms with Gasteiger partial charge in [0, 0.05) is 23.2 Å². The molecule has 156 valence electrons. The number of carbonyl (C=O) groups is 1. The summed E-state index contributed by atoms with van der Waals surface area (Å²) in [4.78, 5) is 19.6. The van der Waals surface area contributed by atoms with E-state index in [1.165, 1.54) is 17.7 Å². The number of aromatic nitrogens is 1. The molecule has 0 aliphatic carbocycles. The maximum absolute atomic E-state index is 11.5. The first-order valence-corrected chi connectivity index (χ1v) is 9.66. The number of fused-ring (bicyclic) bond motifs is 3. The van der Waals surface area contributed by atoms with Crippen molar-refractivity contribution in [3.63, 3.8) is 0 Å². The molecule has 3 fully saturated rings. The standard InChI is InChI=1S/C19H22N2O3S.3ClH.3Na/c1-2-16-10-20-18(25-16)13-7-14(19(22)23)9-15(8-13)24-17-11-21-5-3-12(17)4-6-21;;;;;;/h7-10,12,17H,2-6,11H2,1H3,(H,22,23);3*1H;;;/q;;;;3*+1/p-3/t17-;;;;;;/m0....../s1. The Bertz CT molecular complexity index is 809. The van der Waals surface area contributed by atoms with E-state index in [4.69, 9.17) is 4.74 Å². The smallest absolute Gasteiger partial charge is 1.00 e. The second-order valence-electron chi connectivity index (χ2n) is 6.83. The molecular weight excluding hydrogens is 512 g/mol. The average molecular weight is 534 g/mol. The van der Waals surface area contributed by atoms with E-state index in [0.717, 1.165) is 36.6 Å². The number of hydrogen-bond donors (Lipinski definition) is 1. The van der Waals surface area contributed by atoms with Crippen molar-refractivity contribution < 1.29 is 141 Å². The molecule has 0 amide bonds. The Morgan fingerprint density at radius 2 is 1.81 bits per heavy atom. The van der Waals surface area contributed by atoms with Crippen molar-refractivity contribution in [1.82, 2.24) is 9.88 Å². The Hall–Kier alpha value is 1.95. The van der Waals surface area contributed by atoms with Gasteiger partial charge in [-0.15, -0.1) is 11.3 Å². The quantitative estimate of drug-likeness (QED) is 0.387. The Morgan fingerprint density at radius 1 is 1.16 bits per heavy atom. The molecule has 0 saturated carbocycles. The first-order valence-electron chi connectivity index (χ1n) is 8.85. The van der Waals surface area contributed by atoms with E-state index in [9.17, 15) is 9.90 Å². The van der Waals surface area contributed by atoms with E-state index in [0.29, 0.717) is 11.7 Å². The van der Waals surface area contributed by atoms with Crippen LogP contribution in [0.2, 0.25) is 0 Å². The van der Waals surface area contributed by atoms with E-state index in [-0.39, 0.29) is 138 Å². The summed E-state index contributed by atoms with van der Waals surface area (Å²) in [7, 11) is 0. The molecule has 31 heavy (non-hydrogen) atoms. The maximum atomic E-state index is 11.5. The van der Waals surface area contributed by atoms with Crippen LogP contribution in [0.5, 0.6) is 5.75 Å². The van der Waals surface area contributed by atoms with Gasteiger partial charge in [-0.3, -0.25) is 4.90 Å². The SMILES string of the molecule is CCc1cnc(-c2cc(O[C@H]3CN4CCC3CC4)cc(C(=O)O)c2)s1.[Cl-].[Cl-].[Cl-].[Na+].[Na+].[Na+]. The molecule has 3 saturated heterocycles. The Balaban J connectivity index is -0.00000131. The summed E-state index contributed by atoms with van der Waals surface area (Å²) >= 11 is 1.61. The first-order chi connectivity index (χ1) is 12.1. The van der Waals surface area contributed by atoms with Crippen LogP contribution in [0.3, 0.4) is 0 Å². The van der Waals surface area contributed by atoms with Crippen LogP contribution in [0.4, 0.5) is 0 Å². The number of thiazole rings is 1. The molecule has 0 radical (unpaired) electrons. The monoisotopic (exact) mass is 532 g/mol. The van der Waals surface area contributed by atoms with Crippen molar-refractivity contribution in [1.29, 1.82) is 0 Å². The number of carboxylic acid groups (broad SMARTS) is 1. The molecule has 3 aliphatic heterocycles. The normalized spacial score (nSPS) is 20.2. The van der Waals surface area contributed by atoms with Crippen molar-refractivity contribution in [2.75, 3.05) is 19.6 Å². The third-order valence-corrected chi connectivity index (χ3v) is 6.38. The minimum atomic E-state index is -0.937. The Kier molecular flexibility index (Phi) is 21.0. The predicted molar refractivity (Wildman–Crippen MR) is 97.5 cm³/mol. The van der Waals surface area contributed by atoms with Crippen molar-refractivity contribution in [2.45, 2.75) is 32.3 Å². The molecule has 1 N–H and O–H groups in total. The van der Waals surface area contributed by atoms with Crippen LogP contribution in [0.15, 0.2) is 24.4 Å². The summed E-state index contributed by atoms with van der Waals surface area (Å²) in [5.74, 6) is 0.281. The van der Waals surface area contributed by atoms with Crippen LogP contribution < -0.4 is 131 Å². The minimum absolute atomic E-state index is 0. The van der Waals surface area contributed by atoms with Gasteiger partial charge in [0.25, 0.3) is 0 Å². The number of aryl methyl sites for hydroxylation is 1. The average Bonchev–Trinajstić information content (AvgIpc) is 3.12. The molecule has 1 atom stereocenters. The number of aromatic carboxylic acids is 1. The number of rotatable bonds is 5. The van der Waals surface area contributed by atoms with E-state index in [1.54, 1.807) is 23.5 Å². The summed E-state index contributed by atoms with van der Waals surface area (Å²) < 4.78 is 6.25. The minimum Gasteiger partial charge on any atom is -1.00 e. The van der Waals surface area contributed by atoms with Gasteiger partial charge in [0.1, 0.15) is 16.9 Å². The summed E-state index contributed by atoms with van der Waals surface area (Å²) in [5, 5.41) is 10.3. The summed E-state index contributed by atoms with van der Waals surface area (Å²) in [5.41, 5.74) is 1.07. The van der Waals surface area contributed by atoms with Gasteiger partial charge in [0.2, 0.25) is 0 Å². The molecule has 1 aromatic heterocycles. The number of hydrogen-bond acceptors (Lipinski definition) is 5. The van der Waals surface area contributed by atoms with Gasteiger partial charge < -0.3 is 47.1 Å². The van der Waals surface area contributed by atoms with Crippen molar-refractivity contribution >= 4 is 17.3 Å². The number of carboxylic acids is 1. The van der Waals surface area contributed by atoms with Crippen LogP contribution in [0, 0.1) is 5.92 Å². The maximum Gasteiger partial charge on any atom is 1.00 e. The predicted octanol–water partition coefficient (Wildman–Crippen LogP) is -14.4. The molecule has 2 aromatic rings. The summed E-state index contributed by atoms with van der Waals surface area (Å²) in [6.07, 6.45) is 5.29. The molecule has 5 rings (SSSR count). The van der Waals surface area contributed by atoms with Gasteiger partial charge in [0.15, 0.2) is 0 Å². The first kappa shape index (κ1) is 37.5. The molecule has 12 heteroatoms. The third-order valence-electron chi connectivity index (χ3n) is 5.19. The molecule has 0 spiro atoms. The van der Waals surface area contributed by atoms with Crippen molar-refractivity contribution in [3.05, 3.63) is 34.8 Å². The Labute approximate surface area is 273 Å². The topological polar surface area (TPSA) is 62.7 Å². The van der Waals surface area contributed by atoms with Gasteiger partial charge in [-0.25, -0.2) is 9.78 Å². The molecule has 1 aromatic carbocycles. The van der Waals surface area contributed by atoms with Crippen LogP contribution in [0.25, 0.3) is 10.6 Å². The van der Waals surface area contributed by atoms with E-state index in [2.05, 4.69) is 16.8 Å². The van der Waals surface area contributed by atoms with E-state index < -0.39 is 5.97 Å². The molecule has 3 aliphatic rings. The van der Waals surface area contributed by atoms with Crippen LogP contribution >= 0.6 is 11.3 Å². The molecule has 2 bridgehead atoms.